The van der Waals surface area contributed by atoms with Crippen LogP contribution in [0.3, 0.4) is 0 Å². The average Bonchev–Trinajstić information content (AvgIpc) is 2.60. The molecule has 0 aromatic heterocycles. The Hall–Kier alpha value is -1.89. The fourth-order valence-electron chi connectivity index (χ4n) is 4.75. The van der Waals surface area contributed by atoms with Gasteiger partial charge in [0.1, 0.15) is 0 Å². The highest BCUT2D eigenvalue weighted by Crippen LogP contribution is 2.60. The zero-order valence-corrected chi connectivity index (χ0v) is 13.1. The molecular formula is C20H20O. The van der Waals surface area contributed by atoms with Crippen LogP contribution in [0.2, 0.25) is 0 Å². The van der Waals surface area contributed by atoms with E-state index in [2.05, 4.69) is 52.0 Å². The number of hydrogen-bond acceptors (Lipinski definition) is 1. The molecule has 2 aromatic carbocycles. The third-order valence-electron chi connectivity index (χ3n) is 5.13. The number of hydrogen-bond donors (Lipinski definition) is 0. The van der Waals surface area contributed by atoms with Gasteiger partial charge in [-0.15, -0.1) is 0 Å². The molecule has 0 radical (unpaired) electrons. The summed E-state index contributed by atoms with van der Waals surface area (Å²) in [5, 5.41) is 2.32. The van der Waals surface area contributed by atoms with Gasteiger partial charge in [-0.1, -0.05) is 64.1 Å². The van der Waals surface area contributed by atoms with Crippen LogP contribution >= 0.6 is 0 Å². The number of Topliss-reactive ketones (excluding diaryl/α,β-unsaturated/α-hetero) is 1. The number of fused-ring (bicyclic) bond motifs is 1. The highest BCUT2D eigenvalue weighted by molar-refractivity contribution is 6.26. The van der Waals surface area contributed by atoms with Gasteiger partial charge in [-0.2, -0.15) is 0 Å². The largest absolute Gasteiger partial charge is 0.289 e. The summed E-state index contributed by atoms with van der Waals surface area (Å²) in [5.41, 5.74) is 4.48. The third kappa shape index (κ3) is 1.49. The number of rotatable bonds is 0. The van der Waals surface area contributed by atoms with Gasteiger partial charge in [-0.25, -0.2) is 0 Å². The van der Waals surface area contributed by atoms with Crippen molar-refractivity contribution in [1.82, 2.24) is 0 Å². The molecule has 0 saturated heterocycles. The maximum absolute atomic E-state index is 13.1. The van der Waals surface area contributed by atoms with Crippen LogP contribution in [0, 0.1) is 10.8 Å². The van der Waals surface area contributed by atoms with Crippen LogP contribution in [-0.4, -0.2) is 5.78 Å². The molecule has 0 N–H and O–H groups in total. The van der Waals surface area contributed by atoms with Gasteiger partial charge in [-0.3, -0.25) is 4.79 Å². The first-order valence-corrected chi connectivity index (χ1v) is 7.65. The monoisotopic (exact) mass is 276 g/mol. The molecule has 0 spiro atoms. The van der Waals surface area contributed by atoms with E-state index in [4.69, 9.17) is 0 Å². The third-order valence-corrected chi connectivity index (χ3v) is 5.13. The Morgan fingerprint density at radius 2 is 1.38 bits per heavy atom. The minimum atomic E-state index is -0.0500. The van der Waals surface area contributed by atoms with Crippen molar-refractivity contribution in [1.29, 1.82) is 0 Å². The molecule has 0 fully saturated rings. The molecule has 106 valence electrons. The first-order valence-electron chi connectivity index (χ1n) is 7.65. The molecule has 0 heterocycles. The Morgan fingerprint density at radius 3 is 2.05 bits per heavy atom. The molecule has 0 amide bonds. The van der Waals surface area contributed by atoms with Crippen molar-refractivity contribution in [2.24, 2.45) is 10.8 Å². The second kappa shape index (κ2) is 3.65. The van der Waals surface area contributed by atoms with Crippen molar-refractivity contribution in [2.75, 3.05) is 0 Å². The first-order chi connectivity index (χ1) is 9.83. The van der Waals surface area contributed by atoms with Crippen LogP contribution in [0.4, 0.5) is 0 Å². The van der Waals surface area contributed by atoms with Gasteiger partial charge in [0, 0.05) is 16.5 Å². The Labute approximate surface area is 125 Å². The zero-order valence-electron chi connectivity index (χ0n) is 13.1. The van der Waals surface area contributed by atoms with E-state index in [9.17, 15) is 4.79 Å². The second-order valence-corrected chi connectivity index (χ2v) is 7.73. The summed E-state index contributed by atoms with van der Waals surface area (Å²) in [6, 6.07) is 12.5. The second-order valence-electron chi connectivity index (χ2n) is 7.73. The average molecular weight is 276 g/mol. The lowest BCUT2D eigenvalue weighted by Crippen LogP contribution is -2.20. The lowest BCUT2D eigenvalue weighted by molar-refractivity contribution is 0.101. The summed E-state index contributed by atoms with van der Waals surface area (Å²) in [6.07, 6.45) is 1.03. The fraction of sp³-hybridized carbons (Fsp3) is 0.350. The maximum Gasteiger partial charge on any atom is 0.190 e. The SMILES string of the molecule is CC1(C)CC(C)(C)C2=C1C(=O)c1cccc3cccc2c13. The van der Waals surface area contributed by atoms with Crippen molar-refractivity contribution < 1.29 is 4.79 Å². The molecule has 0 unspecified atom stereocenters. The lowest BCUT2D eigenvalue weighted by atomic mass is 9.75. The highest BCUT2D eigenvalue weighted by Gasteiger charge is 2.49. The van der Waals surface area contributed by atoms with Gasteiger partial charge in [0.15, 0.2) is 5.78 Å². The van der Waals surface area contributed by atoms with Crippen molar-refractivity contribution in [3.63, 3.8) is 0 Å². The summed E-state index contributed by atoms with van der Waals surface area (Å²) < 4.78 is 0. The van der Waals surface area contributed by atoms with Crippen LogP contribution in [0.25, 0.3) is 16.3 Å². The van der Waals surface area contributed by atoms with Crippen LogP contribution in [-0.2, 0) is 0 Å². The highest BCUT2D eigenvalue weighted by atomic mass is 16.1. The van der Waals surface area contributed by atoms with Crippen molar-refractivity contribution in [3.05, 3.63) is 53.1 Å². The van der Waals surface area contributed by atoms with E-state index in [-0.39, 0.29) is 16.6 Å². The summed E-state index contributed by atoms with van der Waals surface area (Å²) in [7, 11) is 0. The molecule has 2 aromatic rings. The number of allylic oxidation sites excluding steroid dienone is 2. The number of carbonyl (C=O) groups excluding carboxylic acids is 1. The van der Waals surface area contributed by atoms with Gasteiger partial charge < -0.3 is 0 Å². The van der Waals surface area contributed by atoms with E-state index in [0.717, 1.165) is 22.9 Å². The van der Waals surface area contributed by atoms with E-state index < -0.39 is 0 Å². The topological polar surface area (TPSA) is 17.1 Å². The van der Waals surface area contributed by atoms with E-state index in [1.54, 1.807) is 0 Å². The molecule has 1 nitrogen and oxygen atoms in total. The Kier molecular flexibility index (Phi) is 2.23. The molecule has 0 bridgehead atoms. The van der Waals surface area contributed by atoms with E-state index in [0.29, 0.717) is 0 Å². The van der Waals surface area contributed by atoms with Gasteiger partial charge in [0.2, 0.25) is 0 Å². The molecular weight excluding hydrogens is 256 g/mol. The smallest absolute Gasteiger partial charge is 0.190 e. The molecule has 2 aliphatic rings. The predicted octanol–water partition coefficient (Wildman–Crippen LogP) is 5.25. The van der Waals surface area contributed by atoms with Crippen molar-refractivity contribution in [2.45, 2.75) is 34.1 Å². The molecule has 0 saturated carbocycles. The van der Waals surface area contributed by atoms with Crippen LogP contribution in [0.1, 0.15) is 50.0 Å². The molecule has 4 rings (SSSR count). The van der Waals surface area contributed by atoms with Gasteiger partial charge in [-0.05, 0) is 33.8 Å². The van der Waals surface area contributed by atoms with Crippen LogP contribution in [0.15, 0.2) is 42.0 Å². The van der Waals surface area contributed by atoms with E-state index in [1.165, 1.54) is 16.5 Å². The molecule has 0 aliphatic heterocycles. The van der Waals surface area contributed by atoms with E-state index >= 15 is 0 Å². The number of ketones is 1. The molecule has 2 aliphatic carbocycles. The van der Waals surface area contributed by atoms with E-state index in [1.807, 2.05) is 12.1 Å². The maximum atomic E-state index is 13.1. The molecule has 1 heteroatoms. The normalized spacial score (nSPS) is 21.8. The summed E-state index contributed by atoms with van der Waals surface area (Å²) in [4.78, 5) is 13.1. The van der Waals surface area contributed by atoms with Gasteiger partial charge >= 0.3 is 0 Å². The minimum absolute atomic E-state index is 0.0500. The fourth-order valence-corrected chi connectivity index (χ4v) is 4.75. The summed E-state index contributed by atoms with van der Waals surface area (Å²) in [5.74, 6) is 0.241. The summed E-state index contributed by atoms with van der Waals surface area (Å²) in [6.45, 7) is 8.97. The minimum Gasteiger partial charge on any atom is -0.289 e. The molecule has 21 heavy (non-hydrogen) atoms. The van der Waals surface area contributed by atoms with Gasteiger partial charge in [0.05, 0.1) is 0 Å². The zero-order chi connectivity index (χ0) is 15.0. The number of benzene rings is 2. The quantitative estimate of drug-likeness (QED) is 0.642. The number of carbonyl (C=O) groups is 1. The van der Waals surface area contributed by atoms with Gasteiger partial charge in [0.25, 0.3) is 0 Å². The Balaban J connectivity index is 2.20. The van der Waals surface area contributed by atoms with Crippen LogP contribution < -0.4 is 0 Å². The summed E-state index contributed by atoms with van der Waals surface area (Å²) >= 11 is 0. The van der Waals surface area contributed by atoms with Crippen LogP contribution in [0.5, 0.6) is 0 Å². The van der Waals surface area contributed by atoms with Crippen molar-refractivity contribution in [3.8, 4) is 0 Å². The lowest BCUT2D eigenvalue weighted by Gasteiger charge is -2.27. The predicted molar refractivity (Wildman–Crippen MR) is 87.4 cm³/mol. The Morgan fingerprint density at radius 1 is 0.810 bits per heavy atom. The van der Waals surface area contributed by atoms with Crippen molar-refractivity contribution >= 4 is 22.1 Å². The Bertz CT molecular complexity index is 829. The molecule has 0 atom stereocenters. The standard InChI is InChI=1S/C20H20O/c1-19(2)11-20(3,4)17-16(19)13-9-5-7-12-8-6-10-14(15(12)13)18(17)21/h5-10H,11H2,1-4H3. The first kappa shape index (κ1) is 12.8.